The zero-order chi connectivity index (χ0) is 27.7. The van der Waals surface area contributed by atoms with E-state index in [0.29, 0.717) is 37.2 Å². The van der Waals surface area contributed by atoms with Crippen molar-refractivity contribution in [3.8, 4) is 5.75 Å². The number of rotatable bonds is 5. The van der Waals surface area contributed by atoms with Gasteiger partial charge in [-0.2, -0.15) is 13.2 Å². The van der Waals surface area contributed by atoms with E-state index in [0.717, 1.165) is 30.7 Å². The topological polar surface area (TPSA) is 61.9 Å². The largest absolute Gasteiger partial charge is 0.497 e. The van der Waals surface area contributed by atoms with Gasteiger partial charge < -0.3 is 19.9 Å². The summed E-state index contributed by atoms with van der Waals surface area (Å²) in [6.07, 6.45) is -2.26. The normalized spacial score (nSPS) is 15.7. The number of likely N-dealkylation sites (N-methyl/N-ethyl adjacent to an activating group) is 1. The minimum Gasteiger partial charge on any atom is -0.497 e. The molecule has 0 aliphatic carbocycles. The molecule has 1 saturated heterocycles. The molecule has 2 aliphatic rings. The molecule has 0 saturated carbocycles. The van der Waals surface area contributed by atoms with Crippen molar-refractivity contribution in [2.75, 3.05) is 44.0 Å². The lowest BCUT2D eigenvalue weighted by Gasteiger charge is -2.32. The summed E-state index contributed by atoms with van der Waals surface area (Å²) in [5, 5.41) is 2.96. The van der Waals surface area contributed by atoms with E-state index in [1.54, 1.807) is 4.90 Å². The molecule has 2 heterocycles. The van der Waals surface area contributed by atoms with Gasteiger partial charge in [-0.05, 0) is 84.8 Å². The fourth-order valence-electron chi connectivity index (χ4n) is 5.35. The Balaban J connectivity index is 1.19. The number of fused-ring (bicyclic) bond motifs is 1. The Hall–Kier alpha value is -4.01. The highest BCUT2D eigenvalue weighted by molar-refractivity contribution is 6.04. The second-order valence-corrected chi connectivity index (χ2v) is 10.1. The molecule has 0 radical (unpaired) electrons. The Bertz CT molecular complexity index is 1380. The van der Waals surface area contributed by atoms with E-state index in [1.807, 2.05) is 49.5 Å². The van der Waals surface area contributed by atoms with Crippen molar-refractivity contribution in [2.24, 2.45) is 0 Å². The second kappa shape index (κ2) is 10.6. The number of amides is 2. The first-order valence-electron chi connectivity index (χ1n) is 12.9. The minimum absolute atomic E-state index is 0.000908. The van der Waals surface area contributed by atoms with Crippen molar-refractivity contribution in [3.63, 3.8) is 0 Å². The Morgan fingerprint density at radius 2 is 1.64 bits per heavy atom. The number of halogens is 3. The maximum Gasteiger partial charge on any atom is 0.416 e. The number of carbonyl (C=O) groups excluding carboxylic acids is 2. The average Bonchev–Trinajstić information content (AvgIpc) is 3.32. The van der Waals surface area contributed by atoms with Crippen LogP contribution in [0.3, 0.4) is 0 Å². The van der Waals surface area contributed by atoms with E-state index in [-0.39, 0.29) is 23.1 Å². The van der Waals surface area contributed by atoms with E-state index in [1.165, 1.54) is 24.4 Å². The number of anilines is 2. The van der Waals surface area contributed by atoms with Crippen LogP contribution in [0.2, 0.25) is 0 Å². The van der Waals surface area contributed by atoms with Crippen LogP contribution < -0.4 is 15.0 Å². The van der Waals surface area contributed by atoms with Crippen LogP contribution >= 0.6 is 0 Å². The van der Waals surface area contributed by atoms with Crippen LogP contribution in [0.15, 0.2) is 60.7 Å². The first-order valence-corrected chi connectivity index (χ1v) is 12.9. The Morgan fingerprint density at radius 1 is 0.923 bits per heavy atom. The molecule has 3 aromatic carbocycles. The van der Waals surface area contributed by atoms with Gasteiger partial charge in [-0.3, -0.25) is 9.59 Å². The molecule has 2 amide bonds. The molecule has 6 nitrogen and oxygen atoms in total. The van der Waals surface area contributed by atoms with Gasteiger partial charge in [-0.25, -0.2) is 0 Å². The molecular weight excluding hydrogens is 507 g/mol. The van der Waals surface area contributed by atoms with Crippen molar-refractivity contribution < 1.29 is 27.5 Å². The van der Waals surface area contributed by atoms with Crippen LogP contribution in [-0.4, -0.2) is 50.5 Å². The molecule has 0 atom stereocenters. The number of benzene rings is 3. The zero-order valence-corrected chi connectivity index (χ0v) is 21.8. The summed E-state index contributed by atoms with van der Waals surface area (Å²) in [5.74, 6) is -0.380. The molecule has 2 aliphatic heterocycles. The Labute approximate surface area is 225 Å². The molecule has 0 bridgehead atoms. The third-order valence-corrected chi connectivity index (χ3v) is 7.61. The molecule has 1 N–H and O–H groups in total. The Kier molecular flexibility index (Phi) is 7.25. The number of hydrogen-bond donors (Lipinski definition) is 1. The van der Waals surface area contributed by atoms with Gasteiger partial charge in [0.15, 0.2) is 0 Å². The molecule has 0 aromatic heterocycles. The number of likely N-dealkylation sites (tertiary alicyclic amines) is 1. The smallest absolute Gasteiger partial charge is 0.416 e. The van der Waals surface area contributed by atoms with Crippen molar-refractivity contribution in [2.45, 2.75) is 31.4 Å². The summed E-state index contributed by atoms with van der Waals surface area (Å²) in [6, 6.07) is 16.6. The third kappa shape index (κ3) is 5.72. The number of hydrogen-bond acceptors (Lipinski definition) is 4. The predicted octanol–water partition coefficient (Wildman–Crippen LogP) is 5.98. The van der Waals surface area contributed by atoms with E-state index >= 15 is 0 Å². The van der Waals surface area contributed by atoms with Crippen LogP contribution in [0.5, 0.6) is 5.75 Å². The lowest BCUT2D eigenvalue weighted by molar-refractivity contribution is -0.137. The highest BCUT2D eigenvalue weighted by atomic mass is 19.4. The van der Waals surface area contributed by atoms with Gasteiger partial charge in [0.2, 0.25) is 0 Å². The molecule has 3 aromatic rings. The van der Waals surface area contributed by atoms with Gasteiger partial charge in [-0.15, -0.1) is 0 Å². The SMILES string of the molecule is COc1cc(C(=O)N2CCC(c3ccc(NC(=O)c4ccc5c(c4)CCN5C)cc3)CC2)cc(C(F)(F)F)c1. The first kappa shape index (κ1) is 26.6. The minimum atomic E-state index is -4.57. The highest BCUT2D eigenvalue weighted by Crippen LogP contribution is 2.34. The van der Waals surface area contributed by atoms with Crippen LogP contribution in [0, 0.1) is 0 Å². The predicted molar refractivity (Wildman–Crippen MR) is 144 cm³/mol. The molecule has 39 heavy (non-hydrogen) atoms. The van der Waals surface area contributed by atoms with Gasteiger partial charge in [0.25, 0.3) is 11.8 Å². The van der Waals surface area contributed by atoms with Crippen LogP contribution in [0.1, 0.15) is 56.2 Å². The monoisotopic (exact) mass is 537 g/mol. The first-order chi connectivity index (χ1) is 18.6. The summed E-state index contributed by atoms with van der Waals surface area (Å²) < 4.78 is 44.8. The van der Waals surface area contributed by atoms with Crippen molar-refractivity contribution >= 4 is 23.2 Å². The Morgan fingerprint density at radius 3 is 2.31 bits per heavy atom. The summed E-state index contributed by atoms with van der Waals surface area (Å²) in [5.41, 5.74) is 3.83. The molecule has 5 rings (SSSR count). The fraction of sp³-hybridized carbons (Fsp3) is 0.333. The quantitative estimate of drug-likeness (QED) is 0.435. The maximum atomic E-state index is 13.3. The van der Waals surface area contributed by atoms with Crippen LogP contribution in [0.4, 0.5) is 24.5 Å². The second-order valence-electron chi connectivity index (χ2n) is 10.1. The van der Waals surface area contributed by atoms with Gasteiger partial charge in [-0.1, -0.05) is 12.1 Å². The molecular formula is C30H30F3N3O3. The van der Waals surface area contributed by atoms with E-state index < -0.39 is 17.6 Å². The number of alkyl halides is 3. The van der Waals surface area contributed by atoms with Crippen molar-refractivity contribution in [1.29, 1.82) is 0 Å². The van der Waals surface area contributed by atoms with E-state index in [4.69, 9.17) is 4.74 Å². The zero-order valence-electron chi connectivity index (χ0n) is 21.8. The number of methoxy groups -OCH3 is 1. The number of ether oxygens (including phenoxy) is 1. The summed E-state index contributed by atoms with van der Waals surface area (Å²) in [4.78, 5) is 29.5. The molecule has 0 unspecified atom stereocenters. The number of nitrogens with zero attached hydrogens (tertiary/aromatic N) is 2. The van der Waals surface area contributed by atoms with Crippen LogP contribution in [0.25, 0.3) is 0 Å². The lowest BCUT2D eigenvalue weighted by atomic mass is 9.89. The fourth-order valence-corrected chi connectivity index (χ4v) is 5.35. The standard InChI is InChI=1S/C30H30F3N3O3/c1-35-12-9-21-15-22(5-8-27(21)35)28(37)34-25-6-3-19(4-7-25)20-10-13-36(14-11-20)29(38)23-16-24(30(31,32)33)18-26(17-23)39-2/h3-8,15-18,20H,9-14H2,1-2H3,(H,34,37). The van der Waals surface area contributed by atoms with E-state index in [9.17, 15) is 22.8 Å². The molecule has 1 fully saturated rings. The molecule has 204 valence electrons. The molecule has 9 heteroatoms. The number of piperidine rings is 1. The average molecular weight is 538 g/mol. The third-order valence-electron chi connectivity index (χ3n) is 7.61. The maximum absolute atomic E-state index is 13.3. The van der Waals surface area contributed by atoms with Gasteiger partial charge in [0.1, 0.15) is 5.75 Å². The van der Waals surface area contributed by atoms with E-state index in [2.05, 4.69) is 10.2 Å². The van der Waals surface area contributed by atoms with Gasteiger partial charge in [0.05, 0.1) is 12.7 Å². The van der Waals surface area contributed by atoms with Crippen LogP contribution in [-0.2, 0) is 12.6 Å². The highest BCUT2D eigenvalue weighted by Gasteiger charge is 2.33. The van der Waals surface area contributed by atoms with Gasteiger partial charge >= 0.3 is 6.18 Å². The molecule has 0 spiro atoms. The summed E-state index contributed by atoms with van der Waals surface area (Å²) >= 11 is 0. The number of nitrogens with one attached hydrogen (secondary N) is 1. The van der Waals surface area contributed by atoms with Crippen molar-refractivity contribution in [3.05, 3.63) is 88.5 Å². The summed E-state index contributed by atoms with van der Waals surface area (Å²) in [6.45, 7) is 1.83. The number of carbonyl (C=O) groups is 2. The summed E-state index contributed by atoms with van der Waals surface area (Å²) in [7, 11) is 3.32. The lowest BCUT2D eigenvalue weighted by Crippen LogP contribution is -2.38. The van der Waals surface area contributed by atoms with Crippen molar-refractivity contribution in [1.82, 2.24) is 4.90 Å². The van der Waals surface area contributed by atoms with Gasteiger partial charge in [0, 0.05) is 49.2 Å².